The lowest BCUT2D eigenvalue weighted by Crippen LogP contribution is -2.42. The van der Waals surface area contributed by atoms with Crippen LogP contribution in [-0.2, 0) is 11.2 Å². The van der Waals surface area contributed by atoms with Crippen molar-refractivity contribution in [2.45, 2.75) is 37.8 Å². The fourth-order valence-electron chi connectivity index (χ4n) is 4.73. The zero-order valence-electron chi connectivity index (χ0n) is 17.2. The second kappa shape index (κ2) is 8.90. The predicted molar refractivity (Wildman–Crippen MR) is 117 cm³/mol. The number of benzene rings is 2. The van der Waals surface area contributed by atoms with E-state index in [0.717, 1.165) is 35.2 Å². The van der Waals surface area contributed by atoms with Crippen molar-refractivity contribution >= 4 is 11.6 Å². The summed E-state index contributed by atoms with van der Waals surface area (Å²) in [7, 11) is 0. The maximum Gasteiger partial charge on any atom is 0.226 e. The minimum absolute atomic E-state index is 0.0938. The standard InChI is InChI=1S/C24H30N4O2/c25-16-22-20-9-5-4-8-19(20)21(28(22)26)15-23(29)18-10-12-27(13-11-18)24(30)14-17-6-2-1-3-7-17/h1-9,16,18,21,23,29H,10-15,25-26H2/b22-16-. The Kier molecular flexibility index (Phi) is 6.06. The molecule has 2 aromatic carbocycles. The number of nitrogens with two attached hydrogens (primary N) is 2. The summed E-state index contributed by atoms with van der Waals surface area (Å²) in [5.74, 6) is 6.64. The van der Waals surface area contributed by atoms with Gasteiger partial charge in [-0.05, 0) is 36.3 Å². The van der Waals surface area contributed by atoms with E-state index in [9.17, 15) is 9.90 Å². The maximum absolute atomic E-state index is 12.6. The second-order valence-corrected chi connectivity index (χ2v) is 8.25. The lowest BCUT2D eigenvalue weighted by Gasteiger charge is -2.36. The highest BCUT2D eigenvalue weighted by Crippen LogP contribution is 2.42. The van der Waals surface area contributed by atoms with Crippen LogP contribution in [0.3, 0.4) is 0 Å². The fourth-order valence-corrected chi connectivity index (χ4v) is 4.73. The first-order chi connectivity index (χ1) is 14.6. The number of carbonyl (C=O) groups excluding carboxylic acids is 1. The van der Waals surface area contributed by atoms with Gasteiger partial charge in [0.1, 0.15) is 0 Å². The molecule has 2 aromatic rings. The van der Waals surface area contributed by atoms with Gasteiger partial charge in [-0.1, -0.05) is 54.6 Å². The summed E-state index contributed by atoms with van der Waals surface area (Å²) < 4.78 is 0. The zero-order valence-corrected chi connectivity index (χ0v) is 17.2. The number of fused-ring (bicyclic) bond motifs is 1. The summed E-state index contributed by atoms with van der Waals surface area (Å²) in [6.07, 6.45) is 3.65. The molecule has 2 aliphatic rings. The number of rotatable bonds is 5. The highest BCUT2D eigenvalue weighted by Gasteiger charge is 2.36. The Bertz CT molecular complexity index is 906. The van der Waals surface area contributed by atoms with E-state index < -0.39 is 6.10 Å². The number of amides is 1. The van der Waals surface area contributed by atoms with Crippen molar-refractivity contribution in [2.24, 2.45) is 17.5 Å². The maximum atomic E-state index is 12.6. The van der Waals surface area contributed by atoms with E-state index in [0.29, 0.717) is 25.9 Å². The number of aliphatic hydroxyl groups excluding tert-OH is 1. The molecule has 0 saturated carbocycles. The summed E-state index contributed by atoms with van der Waals surface area (Å²) >= 11 is 0. The largest absolute Gasteiger partial charge is 0.403 e. The van der Waals surface area contributed by atoms with Crippen LogP contribution in [0, 0.1) is 5.92 Å². The topological polar surface area (TPSA) is 95.8 Å². The molecule has 2 unspecified atom stereocenters. The lowest BCUT2D eigenvalue weighted by molar-refractivity contribution is -0.132. The molecule has 1 amide bonds. The minimum atomic E-state index is -0.474. The number of piperidine rings is 1. The molecular weight excluding hydrogens is 376 g/mol. The van der Waals surface area contributed by atoms with E-state index in [2.05, 4.69) is 0 Å². The summed E-state index contributed by atoms with van der Waals surface area (Å²) in [4.78, 5) is 14.5. The Morgan fingerprint density at radius 3 is 2.47 bits per heavy atom. The Labute approximate surface area is 177 Å². The van der Waals surface area contributed by atoms with E-state index >= 15 is 0 Å². The smallest absolute Gasteiger partial charge is 0.226 e. The van der Waals surface area contributed by atoms with Crippen LogP contribution in [0.4, 0.5) is 0 Å². The molecule has 0 aromatic heterocycles. The second-order valence-electron chi connectivity index (χ2n) is 8.25. The molecule has 6 heteroatoms. The van der Waals surface area contributed by atoms with Gasteiger partial charge < -0.3 is 20.7 Å². The Morgan fingerprint density at radius 2 is 1.77 bits per heavy atom. The molecule has 30 heavy (non-hydrogen) atoms. The van der Waals surface area contributed by atoms with Gasteiger partial charge in [-0.25, -0.2) is 5.84 Å². The van der Waals surface area contributed by atoms with Gasteiger partial charge in [0.05, 0.1) is 24.3 Å². The van der Waals surface area contributed by atoms with Gasteiger partial charge in [-0.2, -0.15) is 0 Å². The molecule has 4 rings (SSSR count). The van der Waals surface area contributed by atoms with Gasteiger partial charge in [0.2, 0.25) is 5.91 Å². The third-order valence-electron chi connectivity index (χ3n) is 6.47. The van der Waals surface area contributed by atoms with E-state index in [1.54, 1.807) is 5.01 Å². The van der Waals surface area contributed by atoms with Crippen LogP contribution in [0.5, 0.6) is 0 Å². The third-order valence-corrected chi connectivity index (χ3v) is 6.47. The first-order valence-electron chi connectivity index (χ1n) is 10.6. The van der Waals surface area contributed by atoms with Crippen molar-refractivity contribution in [3.8, 4) is 0 Å². The van der Waals surface area contributed by atoms with E-state index in [1.165, 1.54) is 6.20 Å². The molecule has 158 valence electrons. The van der Waals surface area contributed by atoms with Gasteiger partial charge in [0.15, 0.2) is 0 Å². The molecule has 1 saturated heterocycles. The van der Waals surface area contributed by atoms with Crippen LogP contribution in [0.2, 0.25) is 0 Å². The Hall–Kier alpha value is -2.83. The molecule has 0 spiro atoms. The lowest BCUT2D eigenvalue weighted by atomic mass is 9.86. The summed E-state index contributed by atoms with van der Waals surface area (Å²) in [6.45, 7) is 1.38. The molecule has 2 heterocycles. The predicted octanol–water partition coefficient (Wildman–Crippen LogP) is 2.41. The number of aliphatic hydroxyl groups is 1. The molecule has 5 N–H and O–H groups in total. The van der Waals surface area contributed by atoms with Crippen molar-refractivity contribution in [3.63, 3.8) is 0 Å². The molecule has 0 radical (unpaired) electrons. The van der Waals surface area contributed by atoms with Crippen molar-refractivity contribution in [1.29, 1.82) is 0 Å². The van der Waals surface area contributed by atoms with Gasteiger partial charge in [0, 0.05) is 24.9 Å². The van der Waals surface area contributed by atoms with E-state index in [1.807, 2.05) is 59.5 Å². The molecule has 1 fully saturated rings. The zero-order chi connectivity index (χ0) is 21.1. The first kappa shape index (κ1) is 20.4. The third kappa shape index (κ3) is 4.06. The molecule has 6 nitrogen and oxygen atoms in total. The first-order valence-corrected chi connectivity index (χ1v) is 10.6. The number of hydrogen-bond donors (Lipinski definition) is 3. The number of carbonyl (C=O) groups is 1. The Balaban J connectivity index is 1.34. The van der Waals surface area contributed by atoms with Crippen molar-refractivity contribution in [3.05, 3.63) is 77.5 Å². The number of nitrogens with zero attached hydrogens (tertiary/aromatic N) is 2. The fraction of sp³-hybridized carbons (Fsp3) is 0.375. The normalized spacial score (nSPS) is 21.7. The highest BCUT2D eigenvalue weighted by atomic mass is 16.3. The molecule has 0 aliphatic carbocycles. The van der Waals surface area contributed by atoms with Crippen molar-refractivity contribution in [1.82, 2.24) is 9.91 Å². The highest BCUT2D eigenvalue weighted by molar-refractivity contribution is 5.78. The van der Waals surface area contributed by atoms with Crippen LogP contribution in [0.1, 0.15) is 42.0 Å². The summed E-state index contributed by atoms with van der Waals surface area (Å²) in [5.41, 5.74) is 9.76. The van der Waals surface area contributed by atoms with Gasteiger partial charge in [-0.15, -0.1) is 0 Å². The average molecular weight is 407 g/mol. The van der Waals surface area contributed by atoms with Gasteiger partial charge in [0.25, 0.3) is 0 Å². The van der Waals surface area contributed by atoms with Crippen LogP contribution in [0.25, 0.3) is 5.70 Å². The summed E-state index contributed by atoms with van der Waals surface area (Å²) in [6, 6.07) is 17.8. The average Bonchev–Trinajstić information content (AvgIpc) is 3.05. The van der Waals surface area contributed by atoms with E-state index in [-0.39, 0.29) is 17.9 Å². The minimum Gasteiger partial charge on any atom is -0.403 e. The molecule has 2 atom stereocenters. The molecular formula is C24H30N4O2. The molecule has 0 bridgehead atoms. The van der Waals surface area contributed by atoms with Gasteiger partial charge >= 0.3 is 0 Å². The van der Waals surface area contributed by atoms with Crippen LogP contribution in [0.15, 0.2) is 60.8 Å². The molecule has 2 aliphatic heterocycles. The number of likely N-dealkylation sites (tertiary alicyclic amines) is 1. The SMILES string of the molecule is N/C=C1/c2ccccc2C(CC(O)C2CCN(C(=O)Cc3ccccc3)CC2)N1N. The van der Waals surface area contributed by atoms with Crippen LogP contribution >= 0.6 is 0 Å². The quantitative estimate of drug-likeness (QED) is 0.663. The van der Waals surface area contributed by atoms with Crippen LogP contribution in [-0.4, -0.2) is 40.1 Å². The summed E-state index contributed by atoms with van der Waals surface area (Å²) in [5, 5.41) is 12.6. The monoisotopic (exact) mass is 406 g/mol. The van der Waals surface area contributed by atoms with Crippen molar-refractivity contribution < 1.29 is 9.90 Å². The van der Waals surface area contributed by atoms with Crippen molar-refractivity contribution in [2.75, 3.05) is 13.1 Å². The van der Waals surface area contributed by atoms with E-state index in [4.69, 9.17) is 11.6 Å². The van der Waals surface area contributed by atoms with Crippen LogP contribution < -0.4 is 11.6 Å². The Morgan fingerprint density at radius 1 is 1.10 bits per heavy atom. The number of hydrazine groups is 1. The number of hydrogen-bond acceptors (Lipinski definition) is 5. The van der Waals surface area contributed by atoms with Gasteiger partial charge in [-0.3, -0.25) is 4.79 Å².